The minimum absolute atomic E-state index is 0.173. The molecule has 0 aromatic heterocycles. The van der Waals surface area contributed by atoms with Crippen LogP contribution in [0.4, 0.5) is 5.69 Å². The van der Waals surface area contributed by atoms with Gasteiger partial charge in [0.05, 0.1) is 12.3 Å². The van der Waals surface area contributed by atoms with Crippen LogP contribution >= 0.6 is 34.8 Å². The van der Waals surface area contributed by atoms with Crippen LogP contribution in [0.15, 0.2) is 54.6 Å². The summed E-state index contributed by atoms with van der Waals surface area (Å²) in [5.74, 6) is 0.989. The Morgan fingerprint density at radius 2 is 1.68 bits per heavy atom. The van der Waals surface area contributed by atoms with Crippen LogP contribution in [0.2, 0.25) is 15.1 Å². The molecule has 0 saturated carbocycles. The maximum Gasteiger partial charge on any atom is 0.256 e. The van der Waals surface area contributed by atoms with E-state index in [0.29, 0.717) is 44.4 Å². The summed E-state index contributed by atoms with van der Waals surface area (Å²) in [5.41, 5.74) is 3.71. The van der Waals surface area contributed by atoms with Gasteiger partial charge in [0.2, 0.25) is 0 Å². The molecule has 31 heavy (non-hydrogen) atoms. The van der Waals surface area contributed by atoms with Gasteiger partial charge in [0.25, 0.3) is 5.91 Å². The Bertz CT molecular complexity index is 1190. The van der Waals surface area contributed by atoms with Gasteiger partial charge in [-0.2, -0.15) is 0 Å². The van der Waals surface area contributed by atoms with Crippen LogP contribution in [0, 0.1) is 0 Å². The van der Waals surface area contributed by atoms with Crippen LogP contribution < -0.4 is 14.8 Å². The fraction of sp³-hybridized carbons (Fsp3) is 0.125. The van der Waals surface area contributed by atoms with E-state index in [1.807, 2.05) is 43.3 Å². The summed E-state index contributed by atoms with van der Waals surface area (Å²) in [6, 6.07) is 16.1. The Morgan fingerprint density at radius 1 is 0.903 bits per heavy atom. The van der Waals surface area contributed by atoms with Crippen LogP contribution in [0.3, 0.4) is 0 Å². The van der Waals surface area contributed by atoms with Crippen LogP contribution in [-0.2, 0) is 11.4 Å². The number of rotatable bonds is 6. The zero-order chi connectivity index (χ0) is 22.0. The number of carbonyl (C=O) groups excluding carboxylic acids is 1. The molecule has 0 aliphatic carbocycles. The van der Waals surface area contributed by atoms with Crippen LogP contribution in [0.25, 0.3) is 11.6 Å². The third kappa shape index (κ3) is 4.82. The molecule has 0 spiro atoms. The maximum atomic E-state index is 12.4. The fourth-order valence-corrected chi connectivity index (χ4v) is 3.91. The Kier molecular flexibility index (Phi) is 6.42. The molecule has 1 amide bonds. The molecular formula is C24H18Cl3NO3. The Labute approximate surface area is 195 Å². The zero-order valence-corrected chi connectivity index (χ0v) is 18.8. The van der Waals surface area contributed by atoms with Crippen molar-refractivity contribution < 1.29 is 14.3 Å². The normalized spacial score (nSPS) is 13.8. The number of hydrogen-bond donors (Lipinski definition) is 1. The number of benzene rings is 3. The lowest BCUT2D eigenvalue weighted by molar-refractivity contribution is -0.110. The second-order valence-electron chi connectivity index (χ2n) is 6.87. The van der Waals surface area contributed by atoms with E-state index in [0.717, 1.165) is 16.7 Å². The van der Waals surface area contributed by atoms with Gasteiger partial charge in [-0.25, -0.2) is 0 Å². The van der Waals surface area contributed by atoms with E-state index in [-0.39, 0.29) is 12.5 Å². The molecule has 1 N–H and O–H groups in total. The maximum absolute atomic E-state index is 12.4. The first kappa shape index (κ1) is 21.6. The second kappa shape index (κ2) is 9.23. The summed E-state index contributed by atoms with van der Waals surface area (Å²) in [6.45, 7) is 2.64. The van der Waals surface area contributed by atoms with E-state index < -0.39 is 0 Å². The molecule has 0 unspecified atom stereocenters. The highest BCUT2D eigenvalue weighted by molar-refractivity contribution is 6.36. The first-order valence-electron chi connectivity index (χ1n) is 9.61. The van der Waals surface area contributed by atoms with Crippen molar-refractivity contribution >= 4 is 58.0 Å². The highest BCUT2D eigenvalue weighted by Gasteiger charge is 2.24. The number of amides is 1. The molecule has 4 nitrogen and oxygen atoms in total. The van der Waals surface area contributed by atoms with Gasteiger partial charge in [0.1, 0.15) is 6.61 Å². The van der Waals surface area contributed by atoms with Crippen LogP contribution in [0.1, 0.15) is 23.6 Å². The lowest BCUT2D eigenvalue weighted by atomic mass is 10.0. The summed E-state index contributed by atoms with van der Waals surface area (Å²) in [4.78, 5) is 12.4. The van der Waals surface area contributed by atoms with Crippen molar-refractivity contribution in [2.75, 3.05) is 11.9 Å². The average molecular weight is 475 g/mol. The Morgan fingerprint density at radius 3 is 2.45 bits per heavy atom. The molecule has 3 aromatic carbocycles. The Hall–Kier alpha value is -2.66. The summed E-state index contributed by atoms with van der Waals surface area (Å²) >= 11 is 18.2. The molecule has 1 aliphatic heterocycles. The van der Waals surface area contributed by atoms with Crippen molar-refractivity contribution in [2.45, 2.75) is 13.5 Å². The molecule has 1 heterocycles. The SMILES string of the molecule is CCOc1cc(/C=C2/C(=O)Nc3cc(Cl)ccc32)ccc1OCc1ccc(Cl)cc1Cl. The smallest absolute Gasteiger partial charge is 0.256 e. The predicted molar refractivity (Wildman–Crippen MR) is 126 cm³/mol. The molecular weight excluding hydrogens is 457 g/mol. The molecule has 4 rings (SSSR count). The lowest BCUT2D eigenvalue weighted by Gasteiger charge is -2.13. The average Bonchev–Trinajstić information content (AvgIpc) is 3.03. The Balaban J connectivity index is 1.60. The number of fused-ring (bicyclic) bond motifs is 1. The highest BCUT2D eigenvalue weighted by atomic mass is 35.5. The van der Waals surface area contributed by atoms with Gasteiger partial charge in [0.15, 0.2) is 11.5 Å². The van der Waals surface area contributed by atoms with Crippen LogP contribution in [-0.4, -0.2) is 12.5 Å². The molecule has 158 valence electrons. The zero-order valence-electron chi connectivity index (χ0n) is 16.5. The third-order valence-electron chi connectivity index (χ3n) is 4.74. The largest absolute Gasteiger partial charge is 0.490 e. The summed E-state index contributed by atoms with van der Waals surface area (Å²) < 4.78 is 11.7. The third-order valence-corrected chi connectivity index (χ3v) is 5.56. The monoisotopic (exact) mass is 473 g/mol. The summed E-state index contributed by atoms with van der Waals surface area (Å²) in [6.07, 6.45) is 1.82. The van der Waals surface area contributed by atoms with Crippen LogP contribution in [0.5, 0.6) is 11.5 Å². The summed E-state index contributed by atoms with van der Waals surface area (Å²) in [5, 5.41) is 4.52. The first-order chi connectivity index (χ1) is 14.9. The highest BCUT2D eigenvalue weighted by Crippen LogP contribution is 2.36. The second-order valence-corrected chi connectivity index (χ2v) is 8.15. The van der Waals surface area contributed by atoms with Gasteiger partial charge in [0, 0.05) is 31.8 Å². The van der Waals surface area contributed by atoms with Gasteiger partial charge in [-0.05, 0) is 55.0 Å². The van der Waals surface area contributed by atoms with Crippen molar-refractivity contribution in [3.63, 3.8) is 0 Å². The summed E-state index contributed by atoms with van der Waals surface area (Å²) in [7, 11) is 0. The minimum atomic E-state index is -0.173. The fourth-order valence-electron chi connectivity index (χ4n) is 3.27. The quantitative estimate of drug-likeness (QED) is 0.387. The standard InChI is InChI=1S/C24H18Cl3NO3/c1-2-30-23-10-14(9-19-18-7-6-17(26)12-21(18)28-24(19)29)3-8-22(23)31-13-15-4-5-16(25)11-20(15)27/h3-12H,2,13H2,1H3,(H,28,29)/b19-9+. The molecule has 0 atom stereocenters. The van der Waals surface area contributed by atoms with Crippen molar-refractivity contribution in [3.05, 3.63) is 86.4 Å². The van der Waals surface area contributed by atoms with Gasteiger partial charge < -0.3 is 14.8 Å². The number of hydrogen-bond acceptors (Lipinski definition) is 3. The minimum Gasteiger partial charge on any atom is -0.490 e. The number of anilines is 1. The predicted octanol–water partition coefficient (Wildman–Crippen LogP) is 7.12. The van der Waals surface area contributed by atoms with Crippen molar-refractivity contribution in [1.82, 2.24) is 0 Å². The van der Waals surface area contributed by atoms with Gasteiger partial charge in [-0.1, -0.05) is 53.0 Å². The van der Waals surface area contributed by atoms with Crippen molar-refractivity contribution in [2.24, 2.45) is 0 Å². The molecule has 7 heteroatoms. The molecule has 1 aliphatic rings. The molecule has 0 fully saturated rings. The molecule has 0 saturated heterocycles. The lowest BCUT2D eigenvalue weighted by Crippen LogP contribution is -2.03. The number of nitrogens with one attached hydrogen (secondary N) is 1. The number of halogens is 3. The topological polar surface area (TPSA) is 47.6 Å². The van der Waals surface area contributed by atoms with Crippen molar-refractivity contribution in [3.8, 4) is 11.5 Å². The van der Waals surface area contributed by atoms with E-state index in [1.54, 1.807) is 24.3 Å². The molecule has 0 bridgehead atoms. The number of carbonyl (C=O) groups is 1. The van der Waals surface area contributed by atoms with Gasteiger partial charge >= 0.3 is 0 Å². The van der Waals surface area contributed by atoms with E-state index in [9.17, 15) is 4.79 Å². The van der Waals surface area contributed by atoms with E-state index in [4.69, 9.17) is 44.3 Å². The number of ether oxygens (including phenoxy) is 2. The van der Waals surface area contributed by atoms with Gasteiger partial charge in [-0.3, -0.25) is 4.79 Å². The van der Waals surface area contributed by atoms with E-state index in [2.05, 4.69) is 5.32 Å². The van der Waals surface area contributed by atoms with Crippen molar-refractivity contribution in [1.29, 1.82) is 0 Å². The van der Waals surface area contributed by atoms with E-state index >= 15 is 0 Å². The first-order valence-corrected chi connectivity index (χ1v) is 10.7. The van der Waals surface area contributed by atoms with Gasteiger partial charge in [-0.15, -0.1) is 0 Å². The van der Waals surface area contributed by atoms with E-state index in [1.165, 1.54) is 0 Å². The molecule has 3 aromatic rings. The molecule has 0 radical (unpaired) electrons.